The standard InChI is InChI=1S/C25H32N6O2/c1-16-7-8-22(33-3)19(12-16)25(32)30-10-5-4-6-21(30)20-13-23-27-24(17(2)14-31(23)28-20)29-11-9-18(26)15-29/h7-8,12-14,18,21H,4-6,9-11,15,26H2,1-3H3/t18-,21-/m0/s1. The largest absolute Gasteiger partial charge is 0.496 e. The highest BCUT2D eigenvalue weighted by molar-refractivity contribution is 5.97. The van der Waals surface area contributed by atoms with Crippen LogP contribution in [-0.2, 0) is 0 Å². The zero-order valence-corrected chi connectivity index (χ0v) is 19.6. The molecule has 5 rings (SSSR count). The molecule has 2 aliphatic heterocycles. The molecule has 0 aliphatic carbocycles. The first-order valence-corrected chi connectivity index (χ1v) is 11.8. The average molecular weight is 449 g/mol. The first-order valence-electron chi connectivity index (χ1n) is 11.8. The van der Waals surface area contributed by atoms with E-state index in [1.165, 1.54) is 0 Å². The molecule has 3 aromatic rings. The fraction of sp³-hybridized carbons (Fsp3) is 0.480. The minimum Gasteiger partial charge on any atom is -0.496 e. The number of hydrogen-bond acceptors (Lipinski definition) is 6. The minimum absolute atomic E-state index is 0.00631. The summed E-state index contributed by atoms with van der Waals surface area (Å²) < 4.78 is 7.34. The van der Waals surface area contributed by atoms with Gasteiger partial charge in [0, 0.05) is 43.5 Å². The summed E-state index contributed by atoms with van der Waals surface area (Å²) in [6, 6.07) is 7.89. The van der Waals surface area contributed by atoms with E-state index in [4.69, 9.17) is 20.6 Å². The third-order valence-corrected chi connectivity index (χ3v) is 6.84. The Labute approximate surface area is 194 Å². The third kappa shape index (κ3) is 4.04. The van der Waals surface area contributed by atoms with Crippen molar-refractivity contribution in [3.8, 4) is 5.75 Å². The Morgan fingerprint density at radius 1 is 1.15 bits per heavy atom. The van der Waals surface area contributed by atoms with Crippen molar-refractivity contribution < 1.29 is 9.53 Å². The maximum atomic E-state index is 13.6. The second kappa shape index (κ2) is 8.67. The van der Waals surface area contributed by atoms with E-state index in [1.54, 1.807) is 7.11 Å². The van der Waals surface area contributed by atoms with Crippen LogP contribution in [0.3, 0.4) is 0 Å². The smallest absolute Gasteiger partial charge is 0.258 e. The fourth-order valence-corrected chi connectivity index (χ4v) is 5.11. The van der Waals surface area contributed by atoms with Crippen LogP contribution in [0.1, 0.15) is 58.9 Å². The number of ether oxygens (including phenoxy) is 1. The van der Waals surface area contributed by atoms with Gasteiger partial charge in [-0.15, -0.1) is 0 Å². The molecule has 2 fully saturated rings. The number of aromatic nitrogens is 3. The van der Waals surface area contributed by atoms with E-state index in [1.807, 2.05) is 46.8 Å². The maximum absolute atomic E-state index is 13.6. The van der Waals surface area contributed by atoms with E-state index in [0.29, 0.717) is 17.9 Å². The number of anilines is 1. The first-order chi connectivity index (χ1) is 15.9. The normalized spacial score (nSPS) is 21.1. The van der Waals surface area contributed by atoms with Crippen molar-refractivity contribution in [3.63, 3.8) is 0 Å². The zero-order chi connectivity index (χ0) is 23.1. The molecule has 0 saturated carbocycles. The summed E-state index contributed by atoms with van der Waals surface area (Å²) in [6.07, 6.45) is 5.95. The molecule has 2 N–H and O–H groups in total. The average Bonchev–Trinajstić information content (AvgIpc) is 3.43. The highest BCUT2D eigenvalue weighted by Crippen LogP contribution is 2.34. The number of fused-ring (bicyclic) bond motifs is 1. The molecule has 4 heterocycles. The summed E-state index contributed by atoms with van der Waals surface area (Å²) in [5, 5.41) is 4.85. The van der Waals surface area contributed by atoms with Crippen LogP contribution in [-0.4, -0.2) is 58.2 Å². The number of nitrogens with zero attached hydrogens (tertiary/aromatic N) is 5. The number of likely N-dealkylation sites (tertiary alicyclic amines) is 1. The second-order valence-electron chi connectivity index (χ2n) is 9.33. The van der Waals surface area contributed by atoms with E-state index in [0.717, 1.165) is 67.1 Å². The molecule has 2 saturated heterocycles. The van der Waals surface area contributed by atoms with Crippen LogP contribution < -0.4 is 15.4 Å². The summed E-state index contributed by atoms with van der Waals surface area (Å²) in [7, 11) is 1.61. The van der Waals surface area contributed by atoms with Crippen molar-refractivity contribution in [2.24, 2.45) is 5.73 Å². The third-order valence-electron chi connectivity index (χ3n) is 6.84. The van der Waals surface area contributed by atoms with Crippen molar-refractivity contribution in [3.05, 3.63) is 52.8 Å². The van der Waals surface area contributed by atoms with Crippen molar-refractivity contribution in [1.82, 2.24) is 19.5 Å². The Morgan fingerprint density at radius 2 is 2.00 bits per heavy atom. The number of benzene rings is 1. The highest BCUT2D eigenvalue weighted by atomic mass is 16.5. The van der Waals surface area contributed by atoms with Crippen LogP contribution in [0, 0.1) is 13.8 Å². The molecular weight excluding hydrogens is 416 g/mol. The van der Waals surface area contributed by atoms with Gasteiger partial charge >= 0.3 is 0 Å². The van der Waals surface area contributed by atoms with Crippen LogP contribution in [0.4, 0.5) is 5.82 Å². The van der Waals surface area contributed by atoms with Gasteiger partial charge in [0.05, 0.1) is 24.4 Å². The van der Waals surface area contributed by atoms with E-state index >= 15 is 0 Å². The quantitative estimate of drug-likeness (QED) is 0.659. The van der Waals surface area contributed by atoms with Gasteiger partial charge in [-0.25, -0.2) is 9.50 Å². The molecule has 0 spiro atoms. The van der Waals surface area contributed by atoms with Gasteiger partial charge in [0.15, 0.2) is 5.65 Å². The lowest BCUT2D eigenvalue weighted by Gasteiger charge is -2.35. The summed E-state index contributed by atoms with van der Waals surface area (Å²) in [6.45, 7) is 6.51. The molecular formula is C25H32N6O2. The van der Waals surface area contributed by atoms with Crippen LogP contribution in [0.2, 0.25) is 0 Å². The van der Waals surface area contributed by atoms with Crippen molar-refractivity contribution in [2.75, 3.05) is 31.6 Å². The van der Waals surface area contributed by atoms with E-state index in [9.17, 15) is 4.79 Å². The van der Waals surface area contributed by atoms with Crippen molar-refractivity contribution in [1.29, 1.82) is 0 Å². The number of methoxy groups -OCH3 is 1. The molecule has 2 aromatic heterocycles. The second-order valence-corrected chi connectivity index (χ2v) is 9.33. The molecule has 1 amide bonds. The van der Waals surface area contributed by atoms with E-state index in [2.05, 4.69) is 11.8 Å². The van der Waals surface area contributed by atoms with Crippen LogP contribution in [0.15, 0.2) is 30.5 Å². The monoisotopic (exact) mass is 448 g/mol. The van der Waals surface area contributed by atoms with Gasteiger partial charge in [-0.05, 0) is 51.7 Å². The Bertz CT molecular complexity index is 1190. The lowest BCUT2D eigenvalue weighted by molar-refractivity contribution is 0.0602. The molecule has 8 nitrogen and oxygen atoms in total. The predicted octanol–water partition coefficient (Wildman–Crippen LogP) is 3.26. The SMILES string of the molecule is COc1ccc(C)cc1C(=O)N1CCCC[C@H]1c1cc2nc(N3CC[C@H](N)C3)c(C)cn2n1. The lowest BCUT2D eigenvalue weighted by Crippen LogP contribution is -2.39. The number of piperidine rings is 1. The van der Waals surface area contributed by atoms with Gasteiger partial charge < -0.3 is 20.3 Å². The Hall–Kier alpha value is -3.13. The number of aryl methyl sites for hydroxylation is 2. The van der Waals surface area contributed by atoms with Gasteiger partial charge in [-0.3, -0.25) is 4.79 Å². The Balaban J connectivity index is 1.48. The molecule has 1 aromatic carbocycles. The molecule has 174 valence electrons. The molecule has 2 aliphatic rings. The number of nitrogens with two attached hydrogens (primary N) is 1. The highest BCUT2D eigenvalue weighted by Gasteiger charge is 2.32. The van der Waals surface area contributed by atoms with Crippen molar-refractivity contribution >= 4 is 17.4 Å². The summed E-state index contributed by atoms with van der Waals surface area (Å²) in [5.74, 6) is 1.58. The number of amides is 1. The van der Waals surface area contributed by atoms with Crippen molar-refractivity contribution in [2.45, 2.75) is 51.6 Å². The number of carbonyl (C=O) groups excluding carboxylic acids is 1. The van der Waals surface area contributed by atoms with Gasteiger partial charge in [0.2, 0.25) is 0 Å². The van der Waals surface area contributed by atoms with Gasteiger partial charge in [0.25, 0.3) is 5.91 Å². The number of hydrogen-bond donors (Lipinski definition) is 1. The topological polar surface area (TPSA) is 89.0 Å². The minimum atomic E-state index is -0.0814. The van der Waals surface area contributed by atoms with Gasteiger partial charge in [0.1, 0.15) is 11.6 Å². The molecule has 0 radical (unpaired) electrons. The summed E-state index contributed by atoms with van der Waals surface area (Å²) in [5.41, 5.74) is 10.5. The lowest BCUT2D eigenvalue weighted by atomic mass is 9.97. The predicted molar refractivity (Wildman–Crippen MR) is 128 cm³/mol. The fourth-order valence-electron chi connectivity index (χ4n) is 5.11. The Kier molecular flexibility index (Phi) is 5.70. The molecule has 33 heavy (non-hydrogen) atoms. The Morgan fingerprint density at radius 3 is 2.76 bits per heavy atom. The summed E-state index contributed by atoms with van der Waals surface area (Å²) in [4.78, 5) is 22.8. The van der Waals surface area contributed by atoms with Crippen LogP contribution >= 0.6 is 0 Å². The molecule has 0 bridgehead atoms. The number of rotatable bonds is 4. The van der Waals surface area contributed by atoms with E-state index in [-0.39, 0.29) is 18.0 Å². The zero-order valence-electron chi connectivity index (χ0n) is 19.6. The van der Waals surface area contributed by atoms with Gasteiger partial charge in [-0.1, -0.05) is 11.6 Å². The molecule has 8 heteroatoms. The molecule has 0 unspecified atom stereocenters. The summed E-state index contributed by atoms with van der Waals surface area (Å²) >= 11 is 0. The van der Waals surface area contributed by atoms with Crippen LogP contribution in [0.5, 0.6) is 5.75 Å². The van der Waals surface area contributed by atoms with Crippen LogP contribution in [0.25, 0.3) is 5.65 Å². The maximum Gasteiger partial charge on any atom is 0.258 e. The van der Waals surface area contributed by atoms with E-state index < -0.39 is 0 Å². The van der Waals surface area contributed by atoms with Gasteiger partial charge in [-0.2, -0.15) is 5.10 Å². The first kappa shape index (κ1) is 21.7. The molecule has 2 atom stereocenters. The number of carbonyl (C=O) groups is 1.